The lowest BCUT2D eigenvalue weighted by Crippen LogP contribution is -2.53. The minimum Gasteiger partial charge on any atom is -0.353 e. The van der Waals surface area contributed by atoms with Gasteiger partial charge in [0.1, 0.15) is 5.41 Å². The monoisotopic (exact) mass is 263 g/mol. The average Bonchev–Trinajstić information content (AvgIpc) is 3.06. The van der Waals surface area contributed by atoms with Gasteiger partial charge < -0.3 is 10.2 Å². The van der Waals surface area contributed by atoms with Crippen LogP contribution in [0.5, 0.6) is 0 Å². The lowest BCUT2D eigenvalue weighted by Gasteiger charge is -2.37. The van der Waals surface area contributed by atoms with Gasteiger partial charge in [-0.15, -0.1) is 0 Å². The minimum atomic E-state index is -0.744. The van der Waals surface area contributed by atoms with E-state index in [-0.39, 0.29) is 11.4 Å². The van der Waals surface area contributed by atoms with Gasteiger partial charge in [-0.05, 0) is 39.8 Å². The summed E-state index contributed by atoms with van der Waals surface area (Å²) in [5.74, 6) is -0.0411. The molecule has 0 heterocycles. The summed E-state index contributed by atoms with van der Waals surface area (Å²) in [7, 11) is 4.18. The first-order valence-electron chi connectivity index (χ1n) is 7.42. The van der Waals surface area contributed by atoms with Crippen molar-refractivity contribution in [1.82, 2.24) is 10.2 Å². The molecular weight excluding hydrogens is 238 g/mol. The number of rotatable bonds is 4. The van der Waals surface area contributed by atoms with E-state index in [4.69, 9.17) is 0 Å². The highest BCUT2D eigenvalue weighted by Crippen LogP contribution is 2.38. The summed E-state index contributed by atoms with van der Waals surface area (Å²) >= 11 is 0. The van der Waals surface area contributed by atoms with Crippen molar-refractivity contribution in [2.45, 2.75) is 56.9 Å². The molecule has 0 aromatic carbocycles. The molecule has 0 spiro atoms. The summed E-state index contributed by atoms with van der Waals surface area (Å²) in [4.78, 5) is 14.6. The van der Waals surface area contributed by atoms with Gasteiger partial charge in [0.25, 0.3) is 0 Å². The molecule has 4 heteroatoms. The van der Waals surface area contributed by atoms with Crippen LogP contribution < -0.4 is 5.32 Å². The Labute approximate surface area is 116 Å². The van der Waals surface area contributed by atoms with Gasteiger partial charge in [0, 0.05) is 12.1 Å². The fraction of sp³-hybridized carbons (Fsp3) is 0.867. The summed E-state index contributed by atoms with van der Waals surface area (Å²) < 4.78 is 0. The summed E-state index contributed by atoms with van der Waals surface area (Å²) in [6.45, 7) is 0.683. The van der Waals surface area contributed by atoms with Gasteiger partial charge in [-0.3, -0.25) is 4.79 Å². The zero-order valence-electron chi connectivity index (χ0n) is 12.2. The molecule has 0 bridgehead atoms. The van der Waals surface area contributed by atoms with Crippen molar-refractivity contribution in [2.75, 3.05) is 20.6 Å². The van der Waals surface area contributed by atoms with Gasteiger partial charge >= 0.3 is 0 Å². The van der Waals surface area contributed by atoms with Gasteiger partial charge in [-0.1, -0.05) is 25.7 Å². The van der Waals surface area contributed by atoms with Crippen LogP contribution in [0.4, 0.5) is 0 Å². The molecule has 0 aliphatic heterocycles. The molecule has 4 nitrogen and oxygen atoms in total. The molecule has 2 fully saturated rings. The summed E-state index contributed by atoms with van der Waals surface area (Å²) in [6.07, 6.45) is 8.20. The molecule has 0 unspecified atom stereocenters. The van der Waals surface area contributed by atoms with E-state index in [0.29, 0.717) is 6.54 Å². The van der Waals surface area contributed by atoms with Crippen molar-refractivity contribution < 1.29 is 4.79 Å². The Hall–Kier alpha value is -1.08. The normalized spacial score (nSPS) is 24.3. The van der Waals surface area contributed by atoms with E-state index in [1.54, 1.807) is 0 Å². The maximum absolute atomic E-state index is 12.4. The van der Waals surface area contributed by atoms with Gasteiger partial charge in [0.2, 0.25) is 5.91 Å². The predicted octanol–water partition coefficient (Wildman–Crippen LogP) is 2.06. The highest BCUT2D eigenvalue weighted by molar-refractivity contribution is 5.85. The number of likely N-dealkylation sites (N-methyl/N-ethyl adjacent to an activating group) is 1. The van der Waals surface area contributed by atoms with Gasteiger partial charge in [-0.2, -0.15) is 5.26 Å². The molecular formula is C15H25N3O. The molecule has 1 N–H and O–H groups in total. The molecule has 0 radical (unpaired) electrons. The van der Waals surface area contributed by atoms with Gasteiger partial charge in [0.05, 0.1) is 6.07 Å². The van der Waals surface area contributed by atoms with Crippen LogP contribution in [0.1, 0.15) is 51.4 Å². The zero-order valence-corrected chi connectivity index (χ0v) is 12.2. The largest absolute Gasteiger partial charge is 0.353 e. The van der Waals surface area contributed by atoms with E-state index in [2.05, 4.69) is 30.4 Å². The molecule has 0 aromatic heterocycles. The summed E-state index contributed by atoms with van der Waals surface area (Å²) in [5, 5.41) is 12.4. The third-order valence-corrected chi connectivity index (χ3v) is 5.17. The SMILES string of the molecule is CN(C)C1(CNC(=O)C2(C#N)CCCC2)CCCC1. The molecule has 0 saturated heterocycles. The molecule has 2 saturated carbocycles. The van der Waals surface area contributed by atoms with Crippen molar-refractivity contribution in [3.8, 4) is 6.07 Å². The molecule has 2 aliphatic rings. The molecule has 106 valence electrons. The fourth-order valence-electron chi connectivity index (χ4n) is 3.60. The lowest BCUT2D eigenvalue weighted by molar-refractivity contribution is -0.128. The quantitative estimate of drug-likeness (QED) is 0.844. The third-order valence-electron chi connectivity index (χ3n) is 5.17. The highest BCUT2D eigenvalue weighted by Gasteiger charge is 2.43. The summed E-state index contributed by atoms with van der Waals surface area (Å²) in [5.41, 5.74) is -0.642. The maximum atomic E-state index is 12.4. The van der Waals surface area contributed by atoms with Crippen LogP contribution in [0.3, 0.4) is 0 Å². The van der Waals surface area contributed by atoms with Crippen LogP contribution in [0, 0.1) is 16.7 Å². The first-order valence-corrected chi connectivity index (χ1v) is 7.42. The average molecular weight is 263 g/mol. The molecule has 0 aromatic rings. The van der Waals surface area contributed by atoms with E-state index in [0.717, 1.165) is 38.5 Å². The van der Waals surface area contributed by atoms with E-state index in [9.17, 15) is 10.1 Å². The number of nitriles is 1. The number of amides is 1. The van der Waals surface area contributed by atoms with Crippen LogP contribution in [0.25, 0.3) is 0 Å². The zero-order chi connectivity index (χ0) is 13.9. The van der Waals surface area contributed by atoms with Crippen molar-refractivity contribution in [2.24, 2.45) is 5.41 Å². The second-order valence-electron chi connectivity index (χ2n) is 6.41. The molecule has 1 amide bonds. The number of carbonyl (C=O) groups excluding carboxylic acids is 1. The third kappa shape index (κ3) is 2.62. The second-order valence-corrected chi connectivity index (χ2v) is 6.41. The number of nitrogens with one attached hydrogen (secondary N) is 1. The summed E-state index contributed by atoms with van der Waals surface area (Å²) in [6, 6.07) is 2.27. The highest BCUT2D eigenvalue weighted by atomic mass is 16.2. The Kier molecular flexibility index (Phi) is 4.15. The minimum absolute atomic E-state index is 0.0411. The van der Waals surface area contributed by atoms with Crippen LogP contribution >= 0.6 is 0 Å². The smallest absolute Gasteiger partial charge is 0.240 e. The van der Waals surface area contributed by atoms with Crippen molar-refractivity contribution in [3.63, 3.8) is 0 Å². The molecule has 0 atom stereocenters. The van der Waals surface area contributed by atoms with E-state index >= 15 is 0 Å². The number of carbonyl (C=O) groups is 1. The molecule has 19 heavy (non-hydrogen) atoms. The van der Waals surface area contributed by atoms with Crippen LogP contribution in [-0.2, 0) is 4.79 Å². The fourth-order valence-corrected chi connectivity index (χ4v) is 3.60. The lowest BCUT2D eigenvalue weighted by atomic mass is 9.86. The van der Waals surface area contributed by atoms with Gasteiger partial charge in [-0.25, -0.2) is 0 Å². The second kappa shape index (κ2) is 5.50. The van der Waals surface area contributed by atoms with E-state index in [1.165, 1.54) is 12.8 Å². The Morgan fingerprint density at radius 2 is 1.68 bits per heavy atom. The van der Waals surface area contributed by atoms with Gasteiger partial charge in [0.15, 0.2) is 0 Å². The number of hydrogen-bond acceptors (Lipinski definition) is 3. The van der Waals surface area contributed by atoms with Crippen LogP contribution in [0.15, 0.2) is 0 Å². The molecule has 2 rings (SSSR count). The number of hydrogen-bond donors (Lipinski definition) is 1. The Balaban J connectivity index is 1.98. The Bertz CT molecular complexity index is 371. The number of nitrogens with zero attached hydrogens (tertiary/aromatic N) is 2. The molecule has 2 aliphatic carbocycles. The predicted molar refractivity (Wildman–Crippen MR) is 74.4 cm³/mol. The standard InChI is InChI=1S/C15H25N3O/c1-18(2)15(9-5-6-10-15)12-17-13(19)14(11-16)7-3-4-8-14/h3-10,12H2,1-2H3,(H,17,19). The Morgan fingerprint density at radius 1 is 1.16 bits per heavy atom. The van der Waals surface area contributed by atoms with Crippen molar-refractivity contribution in [1.29, 1.82) is 5.26 Å². The topological polar surface area (TPSA) is 56.1 Å². The van der Waals surface area contributed by atoms with Crippen molar-refractivity contribution in [3.05, 3.63) is 0 Å². The Morgan fingerprint density at radius 3 is 2.16 bits per heavy atom. The van der Waals surface area contributed by atoms with Crippen LogP contribution in [-0.4, -0.2) is 37.0 Å². The maximum Gasteiger partial charge on any atom is 0.240 e. The van der Waals surface area contributed by atoms with E-state index in [1.807, 2.05) is 0 Å². The van der Waals surface area contributed by atoms with Crippen molar-refractivity contribution >= 4 is 5.91 Å². The van der Waals surface area contributed by atoms with E-state index < -0.39 is 5.41 Å². The van der Waals surface area contributed by atoms with Crippen LogP contribution in [0.2, 0.25) is 0 Å². The first-order chi connectivity index (χ1) is 9.05. The first kappa shape index (κ1) is 14.3.